The maximum Gasteiger partial charge on any atom is 0.338 e. The van der Waals surface area contributed by atoms with Crippen LogP contribution in [-0.2, 0) is 36.7 Å². The highest BCUT2D eigenvalue weighted by atomic mass is 16.6. The standard InChI is InChI=1S/C42H42N8O6/c1-23-13-35(47(3)45-23)31-19-33-29(21-43-31)27-15-25(41(51)55-7)17-37(53-5)39(27)49(33)11-9-10-12-50-34-20-32(36-14-24(2)46-48(36)4)44-22-30(34)28-16-26(42(52)56-8)18-38(54-6)40(28)50/h9-10,13-22,41,51H,11-12H2,1-8H3/b10-9-. The first-order chi connectivity index (χ1) is 27.0. The van der Waals surface area contributed by atoms with Crippen LogP contribution in [0.4, 0.5) is 0 Å². The molecular weight excluding hydrogens is 713 g/mol. The minimum Gasteiger partial charge on any atom is -0.495 e. The van der Waals surface area contributed by atoms with Crippen molar-refractivity contribution in [3.63, 3.8) is 0 Å². The maximum absolute atomic E-state index is 12.7. The van der Waals surface area contributed by atoms with Crippen molar-refractivity contribution in [1.29, 1.82) is 0 Å². The largest absolute Gasteiger partial charge is 0.495 e. The number of aryl methyl sites for hydroxylation is 4. The van der Waals surface area contributed by atoms with E-state index in [1.807, 2.05) is 74.0 Å². The van der Waals surface area contributed by atoms with Crippen LogP contribution in [0.5, 0.6) is 11.5 Å². The van der Waals surface area contributed by atoms with Gasteiger partial charge in [-0.05, 0) is 62.4 Å². The van der Waals surface area contributed by atoms with E-state index in [4.69, 9.17) is 28.9 Å². The Bertz CT molecular complexity index is 2860. The van der Waals surface area contributed by atoms with E-state index in [1.165, 1.54) is 14.2 Å². The van der Waals surface area contributed by atoms with E-state index >= 15 is 0 Å². The second-order valence-electron chi connectivity index (χ2n) is 13.7. The summed E-state index contributed by atoms with van der Waals surface area (Å²) in [5.41, 5.74) is 9.60. The first-order valence-corrected chi connectivity index (χ1v) is 18.0. The van der Waals surface area contributed by atoms with Gasteiger partial charge >= 0.3 is 5.97 Å². The number of aromatic nitrogens is 8. The monoisotopic (exact) mass is 754 g/mol. The Morgan fingerprint density at radius 1 is 0.696 bits per heavy atom. The number of methoxy groups -OCH3 is 4. The number of carbonyl (C=O) groups is 1. The number of nitrogens with zero attached hydrogens (tertiary/aromatic N) is 8. The predicted octanol–water partition coefficient (Wildman–Crippen LogP) is 6.81. The molecule has 0 aliphatic rings. The quantitative estimate of drug-likeness (QED) is 0.0850. The van der Waals surface area contributed by atoms with E-state index in [9.17, 15) is 9.90 Å². The average molecular weight is 755 g/mol. The number of benzene rings is 2. The van der Waals surface area contributed by atoms with Crippen molar-refractivity contribution in [1.82, 2.24) is 38.7 Å². The molecule has 56 heavy (non-hydrogen) atoms. The Morgan fingerprint density at radius 3 is 1.64 bits per heavy atom. The number of pyridine rings is 2. The zero-order valence-corrected chi connectivity index (χ0v) is 32.5. The summed E-state index contributed by atoms with van der Waals surface area (Å²) in [7, 11) is 9.85. The van der Waals surface area contributed by atoms with Gasteiger partial charge in [0.1, 0.15) is 11.5 Å². The first-order valence-electron chi connectivity index (χ1n) is 18.0. The molecule has 0 saturated heterocycles. The number of allylic oxidation sites excluding steroid dienone is 2. The van der Waals surface area contributed by atoms with E-state index in [0.29, 0.717) is 35.7 Å². The molecule has 0 fully saturated rings. The third-order valence-corrected chi connectivity index (χ3v) is 10.3. The lowest BCUT2D eigenvalue weighted by Crippen LogP contribution is -2.03. The van der Waals surface area contributed by atoms with Crippen molar-refractivity contribution in [2.75, 3.05) is 28.4 Å². The second-order valence-corrected chi connectivity index (χ2v) is 13.7. The van der Waals surface area contributed by atoms with Gasteiger partial charge in [0.2, 0.25) is 0 Å². The SMILES string of the molecule is COC(=O)c1cc(OC)c2c(c1)c1cnc(-c3cc(C)nn3C)cc1n2C/C=C\Cn1c2cc(-c3cc(C)nn3C)ncc2c2cc(C(O)OC)cc(OC)c21. The van der Waals surface area contributed by atoms with E-state index in [-0.39, 0.29) is 0 Å². The van der Waals surface area contributed by atoms with Gasteiger partial charge < -0.3 is 33.2 Å². The van der Waals surface area contributed by atoms with Gasteiger partial charge in [0.25, 0.3) is 0 Å². The number of aliphatic hydroxyl groups is 1. The maximum atomic E-state index is 12.7. The summed E-state index contributed by atoms with van der Waals surface area (Å²) in [6.07, 6.45) is 6.80. The fraction of sp³-hybridized carbons (Fsp3) is 0.262. The Labute approximate surface area is 322 Å². The molecule has 286 valence electrons. The number of hydrogen-bond acceptors (Lipinski definition) is 10. The number of fused-ring (bicyclic) bond motifs is 6. The Kier molecular flexibility index (Phi) is 9.30. The number of carbonyl (C=O) groups excluding carboxylic acids is 1. The van der Waals surface area contributed by atoms with Crippen LogP contribution in [-0.4, -0.2) is 78.2 Å². The zero-order valence-electron chi connectivity index (χ0n) is 32.5. The average Bonchev–Trinajstić information content (AvgIpc) is 3.93. The van der Waals surface area contributed by atoms with Gasteiger partial charge in [0, 0.05) is 73.8 Å². The molecule has 0 aliphatic carbocycles. The summed E-state index contributed by atoms with van der Waals surface area (Å²) in [6, 6.07) is 15.4. The lowest BCUT2D eigenvalue weighted by molar-refractivity contribution is -0.0769. The van der Waals surface area contributed by atoms with Gasteiger partial charge in [-0.3, -0.25) is 19.3 Å². The molecule has 14 nitrogen and oxygen atoms in total. The number of ether oxygens (including phenoxy) is 4. The molecule has 14 heteroatoms. The van der Waals surface area contributed by atoms with Crippen molar-refractivity contribution >= 4 is 49.6 Å². The Hall–Kier alpha value is -6.51. The summed E-state index contributed by atoms with van der Waals surface area (Å²) in [4.78, 5) is 22.4. The molecular formula is C42H42N8O6. The number of rotatable bonds is 11. The van der Waals surface area contributed by atoms with E-state index in [2.05, 4.69) is 43.6 Å². The van der Waals surface area contributed by atoms with Gasteiger partial charge in [-0.15, -0.1) is 0 Å². The molecule has 0 bridgehead atoms. The Balaban J connectivity index is 1.27. The van der Waals surface area contributed by atoms with E-state index < -0.39 is 12.3 Å². The van der Waals surface area contributed by atoms with E-state index in [0.717, 1.165) is 77.8 Å². The Morgan fingerprint density at radius 2 is 1.20 bits per heavy atom. The van der Waals surface area contributed by atoms with E-state index in [1.54, 1.807) is 26.4 Å². The number of esters is 1. The van der Waals surface area contributed by atoms with Crippen LogP contribution >= 0.6 is 0 Å². The smallest absolute Gasteiger partial charge is 0.338 e. The molecule has 1 unspecified atom stereocenters. The fourth-order valence-corrected chi connectivity index (χ4v) is 7.74. The van der Waals surface area contributed by atoms with Gasteiger partial charge in [0.15, 0.2) is 6.29 Å². The van der Waals surface area contributed by atoms with Crippen LogP contribution in [0.15, 0.2) is 73.1 Å². The summed E-state index contributed by atoms with van der Waals surface area (Å²) in [5.74, 6) is 0.676. The summed E-state index contributed by atoms with van der Waals surface area (Å²) >= 11 is 0. The van der Waals surface area contributed by atoms with Gasteiger partial charge in [-0.25, -0.2) is 4.79 Å². The van der Waals surface area contributed by atoms with Gasteiger partial charge in [-0.1, -0.05) is 12.2 Å². The molecule has 0 spiro atoms. The second kappa shape index (κ2) is 14.3. The number of hydrogen-bond donors (Lipinski definition) is 1. The van der Waals surface area contributed by atoms with Gasteiger partial charge in [0.05, 0.1) is 83.1 Å². The summed E-state index contributed by atoms with van der Waals surface area (Å²) in [5, 5.41) is 23.2. The third kappa shape index (κ3) is 6.03. The zero-order chi connectivity index (χ0) is 39.4. The third-order valence-electron chi connectivity index (χ3n) is 10.3. The van der Waals surface area contributed by atoms with Crippen LogP contribution in [0, 0.1) is 13.8 Å². The predicted molar refractivity (Wildman–Crippen MR) is 214 cm³/mol. The van der Waals surface area contributed by atoms with Crippen molar-refractivity contribution in [2.24, 2.45) is 14.1 Å². The van der Waals surface area contributed by atoms with Crippen molar-refractivity contribution in [3.05, 3.63) is 95.6 Å². The molecule has 0 aliphatic heterocycles. The lowest BCUT2D eigenvalue weighted by Gasteiger charge is -2.13. The van der Waals surface area contributed by atoms with Crippen LogP contribution < -0.4 is 9.47 Å². The minimum atomic E-state index is -1.12. The first kappa shape index (κ1) is 36.5. The molecule has 1 atom stereocenters. The van der Waals surface area contributed by atoms with Crippen LogP contribution in [0.2, 0.25) is 0 Å². The summed E-state index contributed by atoms with van der Waals surface area (Å²) < 4.78 is 30.2. The molecule has 0 saturated carbocycles. The van der Waals surface area contributed by atoms with Crippen LogP contribution in [0.25, 0.3) is 66.4 Å². The highest BCUT2D eigenvalue weighted by Gasteiger charge is 2.22. The molecule has 8 rings (SSSR count). The van der Waals surface area contributed by atoms with Crippen LogP contribution in [0.1, 0.15) is 33.6 Å². The molecule has 6 heterocycles. The fourth-order valence-electron chi connectivity index (χ4n) is 7.74. The van der Waals surface area contributed by atoms with Crippen LogP contribution in [0.3, 0.4) is 0 Å². The topological polar surface area (TPSA) is 146 Å². The van der Waals surface area contributed by atoms with Crippen molar-refractivity contribution in [2.45, 2.75) is 33.2 Å². The molecule has 8 aromatic rings. The minimum absolute atomic E-state index is 0.384. The molecule has 6 aromatic heterocycles. The summed E-state index contributed by atoms with van der Waals surface area (Å²) in [6.45, 7) is 4.87. The van der Waals surface area contributed by atoms with Crippen molar-refractivity contribution in [3.8, 4) is 34.3 Å². The lowest BCUT2D eigenvalue weighted by atomic mass is 10.1. The van der Waals surface area contributed by atoms with Crippen molar-refractivity contribution < 1.29 is 28.8 Å². The molecule has 0 amide bonds. The number of aliphatic hydroxyl groups excluding tert-OH is 1. The highest BCUT2D eigenvalue weighted by Crippen LogP contribution is 2.40. The molecule has 2 aromatic carbocycles. The molecule has 0 radical (unpaired) electrons. The highest BCUT2D eigenvalue weighted by molar-refractivity contribution is 6.13. The molecule has 1 N–H and O–H groups in total. The van der Waals surface area contributed by atoms with Gasteiger partial charge in [-0.2, -0.15) is 10.2 Å². The normalized spacial score (nSPS) is 12.5.